The third-order valence-electron chi connectivity index (χ3n) is 3.21. The van der Waals surface area contributed by atoms with E-state index in [1.807, 2.05) is 37.3 Å². The minimum atomic E-state index is 0.430. The van der Waals surface area contributed by atoms with Crippen molar-refractivity contribution in [2.45, 2.75) is 6.92 Å². The minimum Gasteiger partial charge on any atom is -0.495 e. The monoisotopic (exact) mass is 281 g/mol. The van der Waals surface area contributed by atoms with Gasteiger partial charge in [0.1, 0.15) is 5.75 Å². The maximum Gasteiger partial charge on any atom is 0.258 e. The average molecular weight is 281 g/mol. The molecule has 106 valence electrons. The van der Waals surface area contributed by atoms with E-state index in [-0.39, 0.29) is 0 Å². The second-order valence-corrected chi connectivity index (χ2v) is 4.75. The van der Waals surface area contributed by atoms with Crippen LogP contribution in [0.25, 0.3) is 22.8 Å². The number of ether oxygens (including phenoxy) is 1. The van der Waals surface area contributed by atoms with Gasteiger partial charge in [0.25, 0.3) is 5.89 Å². The number of nitrogens with zero attached hydrogens (tertiary/aromatic N) is 2. The summed E-state index contributed by atoms with van der Waals surface area (Å²) in [5, 5.41) is 4.01. The number of rotatable bonds is 3. The molecule has 0 unspecified atom stereocenters. The van der Waals surface area contributed by atoms with Crippen molar-refractivity contribution in [2.75, 3.05) is 12.8 Å². The molecular formula is C16H15N3O2. The molecule has 0 aliphatic carbocycles. The highest BCUT2D eigenvalue weighted by atomic mass is 16.5. The van der Waals surface area contributed by atoms with Gasteiger partial charge in [-0.1, -0.05) is 35.0 Å². The third kappa shape index (κ3) is 2.58. The average Bonchev–Trinajstić information content (AvgIpc) is 2.98. The molecule has 0 spiro atoms. The molecule has 0 amide bonds. The van der Waals surface area contributed by atoms with E-state index in [0.29, 0.717) is 23.2 Å². The zero-order valence-electron chi connectivity index (χ0n) is 11.8. The zero-order valence-corrected chi connectivity index (χ0v) is 11.8. The molecule has 0 saturated carbocycles. The topological polar surface area (TPSA) is 74.2 Å². The number of aromatic nitrogens is 2. The molecule has 0 saturated heterocycles. The van der Waals surface area contributed by atoms with Gasteiger partial charge in [0, 0.05) is 11.1 Å². The number of nitrogens with two attached hydrogens (primary N) is 1. The zero-order chi connectivity index (χ0) is 14.8. The molecule has 5 heteroatoms. The summed E-state index contributed by atoms with van der Waals surface area (Å²) in [6.07, 6.45) is 0. The van der Waals surface area contributed by atoms with Gasteiger partial charge in [-0.3, -0.25) is 0 Å². The van der Waals surface area contributed by atoms with Gasteiger partial charge >= 0.3 is 0 Å². The van der Waals surface area contributed by atoms with Gasteiger partial charge in [0.2, 0.25) is 5.82 Å². The lowest BCUT2D eigenvalue weighted by molar-refractivity contribution is 0.416. The van der Waals surface area contributed by atoms with E-state index in [1.54, 1.807) is 19.2 Å². The fraction of sp³-hybridized carbons (Fsp3) is 0.125. The summed E-state index contributed by atoms with van der Waals surface area (Å²) < 4.78 is 10.4. The molecule has 2 N–H and O–H groups in total. The molecule has 5 nitrogen and oxygen atoms in total. The molecule has 0 aliphatic heterocycles. The van der Waals surface area contributed by atoms with E-state index in [0.717, 1.165) is 11.1 Å². The number of anilines is 1. The molecule has 0 atom stereocenters. The summed E-state index contributed by atoms with van der Waals surface area (Å²) in [7, 11) is 1.58. The summed E-state index contributed by atoms with van der Waals surface area (Å²) in [6, 6.07) is 13.3. The van der Waals surface area contributed by atoms with Crippen LogP contribution in [0.2, 0.25) is 0 Å². The third-order valence-corrected chi connectivity index (χ3v) is 3.21. The Kier molecular flexibility index (Phi) is 3.31. The highest BCUT2D eigenvalue weighted by molar-refractivity contribution is 5.66. The molecule has 1 heterocycles. The molecule has 3 rings (SSSR count). The van der Waals surface area contributed by atoms with Gasteiger partial charge in [-0.25, -0.2) is 0 Å². The van der Waals surface area contributed by atoms with E-state index in [1.165, 1.54) is 5.56 Å². The quantitative estimate of drug-likeness (QED) is 0.745. The van der Waals surface area contributed by atoms with Crippen LogP contribution in [0.1, 0.15) is 5.56 Å². The maximum atomic E-state index is 5.89. The first-order chi connectivity index (χ1) is 10.2. The Hall–Kier alpha value is -2.82. The summed E-state index contributed by atoms with van der Waals surface area (Å²) in [5.41, 5.74) is 9.28. The van der Waals surface area contributed by atoms with Gasteiger partial charge < -0.3 is 15.0 Å². The molecule has 0 aliphatic rings. The predicted molar refractivity (Wildman–Crippen MR) is 80.9 cm³/mol. The van der Waals surface area contributed by atoms with Crippen LogP contribution >= 0.6 is 0 Å². The van der Waals surface area contributed by atoms with Gasteiger partial charge in [-0.15, -0.1) is 0 Å². The van der Waals surface area contributed by atoms with Crippen LogP contribution < -0.4 is 10.5 Å². The lowest BCUT2D eigenvalue weighted by Gasteiger charge is -2.04. The normalized spacial score (nSPS) is 10.6. The Morgan fingerprint density at radius 2 is 1.76 bits per heavy atom. The lowest BCUT2D eigenvalue weighted by Crippen LogP contribution is -1.92. The molecule has 0 fully saturated rings. The number of hydrogen-bond donors (Lipinski definition) is 1. The Balaban J connectivity index is 1.94. The minimum absolute atomic E-state index is 0.430. The number of nitrogen functional groups attached to an aromatic ring is 1. The van der Waals surface area contributed by atoms with Crippen LogP contribution in [0, 0.1) is 6.92 Å². The van der Waals surface area contributed by atoms with Crippen molar-refractivity contribution in [3.63, 3.8) is 0 Å². The Bertz CT molecular complexity index is 763. The highest BCUT2D eigenvalue weighted by Crippen LogP contribution is 2.28. The molecule has 2 aromatic carbocycles. The number of benzene rings is 2. The first kappa shape index (κ1) is 13.2. The highest BCUT2D eigenvalue weighted by Gasteiger charge is 2.12. The Labute approximate surface area is 122 Å². The molecule has 0 radical (unpaired) electrons. The predicted octanol–water partition coefficient (Wildman–Crippen LogP) is 3.30. The van der Waals surface area contributed by atoms with E-state index in [4.69, 9.17) is 15.0 Å². The molecule has 0 bridgehead atoms. The van der Waals surface area contributed by atoms with Gasteiger partial charge in [0.15, 0.2) is 0 Å². The summed E-state index contributed by atoms with van der Waals surface area (Å²) in [5.74, 6) is 1.61. The number of hydrogen-bond acceptors (Lipinski definition) is 5. The van der Waals surface area contributed by atoms with Crippen molar-refractivity contribution in [3.8, 4) is 28.6 Å². The molecule has 21 heavy (non-hydrogen) atoms. The van der Waals surface area contributed by atoms with Gasteiger partial charge in [-0.2, -0.15) is 4.98 Å². The maximum absolute atomic E-state index is 5.89. The van der Waals surface area contributed by atoms with Crippen molar-refractivity contribution < 1.29 is 9.26 Å². The second-order valence-electron chi connectivity index (χ2n) is 4.75. The Morgan fingerprint density at radius 1 is 1.05 bits per heavy atom. The van der Waals surface area contributed by atoms with Crippen LogP contribution in [0.5, 0.6) is 5.75 Å². The van der Waals surface area contributed by atoms with Crippen LogP contribution in [0.4, 0.5) is 5.69 Å². The van der Waals surface area contributed by atoms with Crippen LogP contribution in [0.3, 0.4) is 0 Å². The summed E-state index contributed by atoms with van der Waals surface area (Å²) in [6.45, 7) is 2.03. The second kappa shape index (κ2) is 5.28. The Morgan fingerprint density at radius 3 is 2.43 bits per heavy atom. The summed E-state index contributed by atoms with van der Waals surface area (Å²) in [4.78, 5) is 4.40. The standard InChI is InChI=1S/C16H15N3O2/c1-10-3-5-11(6-4-10)15-18-16(21-19-15)12-7-8-14(20-2)13(17)9-12/h3-9H,17H2,1-2H3. The van der Waals surface area contributed by atoms with Crippen molar-refractivity contribution in [3.05, 3.63) is 48.0 Å². The van der Waals surface area contributed by atoms with E-state index in [9.17, 15) is 0 Å². The van der Waals surface area contributed by atoms with Crippen molar-refractivity contribution in [1.29, 1.82) is 0 Å². The first-order valence-corrected chi connectivity index (χ1v) is 6.52. The fourth-order valence-electron chi connectivity index (χ4n) is 2.03. The smallest absolute Gasteiger partial charge is 0.258 e. The summed E-state index contributed by atoms with van der Waals surface area (Å²) >= 11 is 0. The van der Waals surface area contributed by atoms with Crippen LogP contribution in [0.15, 0.2) is 47.0 Å². The lowest BCUT2D eigenvalue weighted by atomic mass is 10.1. The first-order valence-electron chi connectivity index (χ1n) is 6.52. The van der Waals surface area contributed by atoms with Crippen molar-refractivity contribution in [1.82, 2.24) is 10.1 Å². The van der Waals surface area contributed by atoms with Gasteiger partial charge in [-0.05, 0) is 25.1 Å². The van der Waals surface area contributed by atoms with Crippen molar-refractivity contribution in [2.24, 2.45) is 0 Å². The van der Waals surface area contributed by atoms with E-state index in [2.05, 4.69) is 10.1 Å². The molecular weight excluding hydrogens is 266 g/mol. The largest absolute Gasteiger partial charge is 0.495 e. The SMILES string of the molecule is COc1ccc(-c2nc(-c3ccc(C)cc3)no2)cc1N. The molecule has 1 aromatic heterocycles. The van der Waals surface area contributed by atoms with Crippen LogP contribution in [-0.2, 0) is 0 Å². The van der Waals surface area contributed by atoms with Crippen molar-refractivity contribution >= 4 is 5.69 Å². The fourth-order valence-corrected chi connectivity index (χ4v) is 2.03. The molecule has 3 aromatic rings. The van der Waals surface area contributed by atoms with Crippen LogP contribution in [-0.4, -0.2) is 17.3 Å². The van der Waals surface area contributed by atoms with E-state index < -0.39 is 0 Å². The van der Waals surface area contributed by atoms with Gasteiger partial charge in [0.05, 0.1) is 12.8 Å². The van der Waals surface area contributed by atoms with E-state index >= 15 is 0 Å². The number of aryl methyl sites for hydroxylation is 1. The number of methoxy groups -OCH3 is 1.